The lowest BCUT2D eigenvalue weighted by molar-refractivity contribution is 0.215. The summed E-state index contributed by atoms with van der Waals surface area (Å²) in [6, 6.07) is 7.81. The highest BCUT2D eigenvalue weighted by atomic mass is 16.5. The Balaban J connectivity index is 2.31. The van der Waals surface area contributed by atoms with E-state index in [1.807, 2.05) is 31.2 Å². The van der Waals surface area contributed by atoms with Gasteiger partial charge >= 0.3 is 0 Å². The van der Waals surface area contributed by atoms with Crippen LogP contribution in [0.3, 0.4) is 0 Å². The first kappa shape index (κ1) is 15.8. The quantitative estimate of drug-likeness (QED) is 0.693. The Labute approximate surface area is 117 Å². The van der Waals surface area contributed by atoms with Crippen LogP contribution in [0.2, 0.25) is 0 Å². The maximum atomic E-state index is 5.87. The first-order chi connectivity index (χ1) is 9.11. The number of ether oxygens (including phenoxy) is 2. The minimum Gasteiger partial charge on any atom is -0.494 e. The van der Waals surface area contributed by atoms with Gasteiger partial charge in [0, 0.05) is 12.6 Å². The van der Waals surface area contributed by atoms with E-state index in [-0.39, 0.29) is 6.10 Å². The topological polar surface area (TPSA) is 30.5 Å². The summed E-state index contributed by atoms with van der Waals surface area (Å²) in [7, 11) is 0. The molecule has 1 N–H and O–H groups in total. The Kier molecular flexibility index (Phi) is 7.34. The van der Waals surface area contributed by atoms with Gasteiger partial charge in [-0.2, -0.15) is 0 Å². The van der Waals surface area contributed by atoms with Crippen molar-refractivity contribution in [2.24, 2.45) is 5.92 Å². The van der Waals surface area contributed by atoms with Crippen LogP contribution in [0.25, 0.3) is 0 Å². The van der Waals surface area contributed by atoms with Gasteiger partial charge in [-0.1, -0.05) is 19.9 Å². The summed E-state index contributed by atoms with van der Waals surface area (Å²) in [6.45, 7) is 11.1. The van der Waals surface area contributed by atoms with Gasteiger partial charge in [-0.05, 0) is 44.9 Å². The normalized spacial score (nSPS) is 12.5. The van der Waals surface area contributed by atoms with E-state index in [0.717, 1.165) is 30.5 Å². The zero-order valence-corrected chi connectivity index (χ0v) is 12.6. The van der Waals surface area contributed by atoms with Crippen molar-refractivity contribution in [1.82, 2.24) is 5.32 Å². The van der Waals surface area contributed by atoms with Crippen molar-refractivity contribution in [2.45, 2.75) is 40.2 Å². The second-order valence-corrected chi connectivity index (χ2v) is 5.22. The third-order valence-electron chi connectivity index (χ3n) is 2.78. The summed E-state index contributed by atoms with van der Waals surface area (Å²) in [5, 5.41) is 3.42. The van der Waals surface area contributed by atoms with E-state index in [1.54, 1.807) is 0 Å². The Bertz CT molecular complexity index is 352. The van der Waals surface area contributed by atoms with E-state index in [0.29, 0.717) is 6.61 Å². The second kappa shape index (κ2) is 8.81. The summed E-state index contributed by atoms with van der Waals surface area (Å²) in [5.74, 6) is 2.47. The molecule has 1 unspecified atom stereocenters. The van der Waals surface area contributed by atoms with E-state index in [4.69, 9.17) is 9.47 Å². The number of nitrogens with one attached hydrogen (secondary N) is 1. The molecule has 0 spiro atoms. The summed E-state index contributed by atoms with van der Waals surface area (Å²) >= 11 is 0. The molecule has 0 aromatic heterocycles. The summed E-state index contributed by atoms with van der Waals surface area (Å²) in [4.78, 5) is 0. The highest BCUT2D eigenvalue weighted by Crippen LogP contribution is 2.20. The van der Waals surface area contributed by atoms with Gasteiger partial charge < -0.3 is 14.8 Å². The number of hydrogen-bond acceptors (Lipinski definition) is 3. The molecule has 0 saturated heterocycles. The predicted molar refractivity (Wildman–Crippen MR) is 80.0 cm³/mol. The van der Waals surface area contributed by atoms with Gasteiger partial charge in [-0.15, -0.1) is 0 Å². The van der Waals surface area contributed by atoms with E-state index < -0.39 is 0 Å². The molecule has 1 rings (SSSR count). The molecule has 19 heavy (non-hydrogen) atoms. The maximum absolute atomic E-state index is 5.87. The molecule has 3 nitrogen and oxygen atoms in total. The predicted octanol–water partition coefficient (Wildman–Crippen LogP) is 3.49. The largest absolute Gasteiger partial charge is 0.494 e. The fourth-order valence-corrected chi connectivity index (χ4v) is 1.77. The molecule has 0 heterocycles. The van der Waals surface area contributed by atoms with Crippen LogP contribution in [0, 0.1) is 5.92 Å². The molecule has 0 bridgehead atoms. The highest BCUT2D eigenvalue weighted by Gasteiger charge is 2.05. The molecule has 0 radical (unpaired) electrons. The summed E-state index contributed by atoms with van der Waals surface area (Å²) in [6.07, 6.45) is 1.36. The molecule has 0 amide bonds. The fourth-order valence-electron chi connectivity index (χ4n) is 1.77. The third-order valence-corrected chi connectivity index (χ3v) is 2.78. The van der Waals surface area contributed by atoms with Crippen molar-refractivity contribution in [2.75, 3.05) is 19.7 Å². The van der Waals surface area contributed by atoms with E-state index in [2.05, 4.69) is 26.1 Å². The minimum atomic E-state index is 0.157. The van der Waals surface area contributed by atoms with Gasteiger partial charge in [0.15, 0.2) is 0 Å². The summed E-state index contributed by atoms with van der Waals surface area (Å²) in [5.41, 5.74) is 0. The third kappa shape index (κ3) is 7.06. The molecule has 0 fully saturated rings. The molecule has 1 aromatic carbocycles. The maximum Gasteiger partial charge on any atom is 0.123 e. The number of hydrogen-bond donors (Lipinski definition) is 1. The Morgan fingerprint density at radius 3 is 2.58 bits per heavy atom. The molecule has 0 aliphatic heterocycles. The lowest BCUT2D eigenvalue weighted by Crippen LogP contribution is -2.30. The van der Waals surface area contributed by atoms with Crippen molar-refractivity contribution in [3.63, 3.8) is 0 Å². The van der Waals surface area contributed by atoms with Crippen LogP contribution in [0.15, 0.2) is 24.3 Å². The average molecular weight is 265 g/mol. The fraction of sp³-hybridized carbons (Fsp3) is 0.625. The van der Waals surface area contributed by atoms with Crippen molar-refractivity contribution in [3.8, 4) is 11.5 Å². The van der Waals surface area contributed by atoms with Gasteiger partial charge in [0.05, 0.1) is 6.61 Å². The zero-order valence-electron chi connectivity index (χ0n) is 12.6. The van der Waals surface area contributed by atoms with Crippen molar-refractivity contribution in [1.29, 1.82) is 0 Å². The monoisotopic (exact) mass is 265 g/mol. The summed E-state index contributed by atoms with van der Waals surface area (Å²) < 4.78 is 11.3. The van der Waals surface area contributed by atoms with Gasteiger partial charge in [0.2, 0.25) is 0 Å². The minimum absolute atomic E-state index is 0.157. The lowest BCUT2D eigenvalue weighted by atomic mass is 10.1. The van der Waals surface area contributed by atoms with E-state index in [1.165, 1.54) is 6.42 Å². The van der Waals surface area contributed by atoms with Crippen molar-refractivity contribution in [3.05, 3.63) is 24.3 Å². The molecular formula is C16H27NO2. The van der Waals surface area contributed by atoms with Crippen LogP contribution in [-0.4, -0.2) is 25.8 Å². The van der Waals surface area contributed by atoms with Gasteiger partial charge in [0.25, 0.3) is 0 Å². The second-order valence-electron chi connectivity index (χ2n) is 5.22. The molecule has 108 valence electrons. The van der Waals surface area contributed by atoms with E-state index >= 15 is 0 Å². The van der Waals surface area contributed by atoms with Crippen LogP contribution >= 0.6 is 0 Å². The highest BCUT2D eigenvalue weighted by molar-refractivity contribution is 5.33. The number of rotatable bonds is 9. The van der Waals surface area contributed by atoms with Crippen LogP contribution in [0.1, 0.15) is 34.1 Å². The Morgan fingerprint density at radius 2 is 1.89 bits per heavy atom. The first-order valence-corrected chi connectivity index (χ1v) is 7.22. The molecule has 0 saturated carbocycles. The van der Waals surface area contributed by atoms with Gasteiger partial charge in [-0.3, -0.25) is 0 Å². The molecule has 3 heteroatoms. The van der Waals surface area contributed by atoms with Crippen LogP contribution < -0.4 is 14.8 Å². The lowest BCUT2D eigenvalue weighted by Gasteiger charge is -2.16. The molecule has 0 aliphatic rings. The molecule has 0 aliphatic carbocycles. The van der Waals surface area contributed by atoms with Gasteiger partial charge in [-0.25, -0.2) is 0 Å². The van der Waals surface area contributed by atoms with Crippen LogP contribution in [-0.2, 0) is 0 Å². The van der Waals surface area contributed by atoms with E-state index in [9.17, 15) is 0 Å². The Morgan fingerprint density at radius 1 is 1.16 bits per heavy atom. The van der Waals surface area contributed by atoms with Crippen LogP contribution in [0.4, 0.5) is 0 Å². The smallest absolute Gasteiger partial charge is 0.123 e. The average Bonchev–Trinajstić information content (AvgIpc) is 2.35. The Hall–Kier alpha value is -1.22. The molecule has 1 atom stereocenters. The SMILES string of the molecule is CCOc1cccc(OC(C)CNCCC(C)C)c1. The van der Waals surface area contributed by atoms with Crippen molar-refractivity contribution >= 4 is 0 Å². The van der Waals surface area contributed by atoms with Crippen molar-refractivity contribution < 1.29 is 9.47 Å². The zero-order chi connectivity index (χ0) is 14.1. The standard InChI is InChI=1S/C16H27NO2/c1-5-18-15-7-6-8-16(11-15)19-14(4)12-17-10-9-13(2)3/h6-8,11,13-14,17H,5,9-10,12H2,1-4H3. The molecule has 1 aromatic rings. The molecular weight excluding hydrogens is 238 g/mol. The van der Waals surface area contributed by atoms with Gasteiger partial charge in [0.1, 0.15) is 17.6 Å². The first-order valence-electron chi connectivity index (χ1n) is 7.22. The number of benzene rings is 1. The van der Waals surface area contributed by atoms with Crippen LogP contribution in [0.5, 0.6) is 11.5 Å².